The van der Waals surface area contributed by atoms with Crippen LogP contribution in [0.15, 0.2) is 64.5 Å². The molecule has 1 aliphatic carbocycles. The first-order valence-electron chi connectivity index (χ1n) is 10.9. The molecule has 1 fully saturated rings. The minimum Gasteiger partial charge on any atom is -0.497 e. The molecule has 0 saturated heterocycles. The molecule has 2 heterocycles. The molecule has 192 valence electrons. The van der Waals surface area contributed by atoms with Crippen molar-refractivity contribution >= 4 is 38.7 Å². The third-order valence-corrected chi connectivity index (χ3v) is 7.83. The number of ether oxygens (including phenoxy) is 1. The molecule has 0 spiro atoms. The maximum atomic E-state index is 13.7. The molecule has 2 aromatic heterocycles. The molecule has 8 nitrogen and oxygen atoms in total. The lowest BCUT2D eigenvalue weighted by molar-refractivity contribution is -0.142. The van der Waals surface area contributed by atoms with Crippen molar-refractivity contribution in [3.63, 3.8) is 0 Å². The number of aromatic nitrogens is 3. The maximum absolute atomic E-state index is 13.7. The van der Waals surface area contributed by atoms with E-state index >= 15 is 0 Å². The zero-order valence-corrected chi connectivity index (χ0v) is 20.7. The Labute approximate surface area is 214 Å². The lowest BCUT2D eigenvalue weighted by Gasteiger charge is -2.12. The van der Waals surface area contributed by atoms with Gasteiger partial charge in [0, 0.05) is 28.4 Å². The Morgan fingerprint density at radius 2 is 1.81 bits per heavy atom. The molecule has 5 rings (SSSR count). The van der Waals surface area contributed by atoms with Crippen LogP contribution in [-0.2, 0) is 16.0 Å². The molecule has 2 aromatic carbocycles. The molecule has 0 atom stereocenters. The third kappa shape index (κ3) is 4.86. The second-order valence-electron chi connectivity index (χ2n) is 8.44. The minimum atomic E-state index is -4.71. The van der Waals surface area contributed by atoms with E-state index in [1.165, 1.54) is 49.6 Å². The number of anilines is 1. The predicted octanol–water partition coefficient (Wildman–Crippen LogP) is 5.37. The van der Waals surface area contributed by atoms with Crippen molar-refractivity contribution in [2.75, 3.05) is 12.4 Å². The largest absolute Gasteiger partial charge is 0.497 e. The van der Waals surface area contributed by atoms with Gasteiger partial charge in [-0.15, -0.1) is 0 Å². The summed E-state index contributed by atoms with van der Waals surface area (Å²) in [6.07, 6.45) is -2.28. The zero-order valence-electron chi connectivity index (χ0n) is 19.1. The Balaban J connectivity index is 1.53. The van der Waals surface area contributed by atoms with Crippen molar-refractivity contribution in [2.45, 2.75) is 34.7 Å². The number of alkyl halides is 3. The van der Waals surface area contributed by atoms with Crippen LogP contribution in [0.25, 0.3) is 5.65 Å². The van der Waals surface area contributed by atoms with Crippen LogP contribution in [0.1, 0.15) is 40.5 Å². The first kappa shape index (κ1) is 25.0. The maximum Gasteiger partial charge on any atom is 0.433 e. The standard InChI is InChI=1S/C24H18ClF3N4O4S/c1-36-16-8-15(9-18(10-16)37(34,35)17-6-4-14(25)5-7-17)30-23(33)19-12-29-32-21(24(26,27)28)11-20(13-2-3-13)31-22(19)32/h4-13H,2-3H2,1H3,(H,30,33). The Bertz CT molecular complexity index is 1630. The normalized spacial score (nSPS) is 14.1. The fourth-order valence-corrected chi connectivity index (χ4v) is 5.24. The number of carbonyl (C=O) groups is 1. The highest BCUT2D eigenvalue weighted by Gasteiger charge is 2.38. The molecular weight excluding hydrogens is 533 g/mol. The van der Waals surface area contributed by atoms with Gasteiger partial charge in [-0.05, 0) is 55.3 Å². The van der Waals surface area contributed by atoms with Gasteiger partial charge in [0.1, 0.15) is 17.0 Å². The molecule has 0 aliphatic heterocycles. The van der Waals surface area contributed by atoms with Gasteiger partial charge in [0.05, 0.1) is 23.1 Å². The van der Waals surface area contributed by atoms with Crippen LogP contribution < -0.4 is 10.1 Å². The first-order chi connectivity index (χ1) is 17.5. The third-order valence-electron chi connectivity index (χ3n) is 5.83. The van der Waals surface area contributed by atoms with Crippen LogP contribution in [0.5, 0.6) is 5.75 Å². The highest BCUT2D eigenvalue weighted by atomic mass is 35.5. The monoisotopic (exact) mass is 550 g/mol. The molecule has 13 heteroatoms. The lowest BCUT2D eigenvalue weighted by atomic mass is 10.2. The summed E-state index contributed by atoms with van der Waals surface area (Å²) in [6.45, 7) is 0. The van der Waals surface area contributed by atoms with Gasteiger partial charge in [-0.3, -0.25) is 4.79 Å². The second-order valence-corrected chi connectivity index (χ2v) is 10.8. The van der Waals surface area contributed by atoms with Gasteiger partial charge in [0.25, 0.3) is 5.91 Å². The van der Waals surface area contributed by atoms with Crippen LogP contribution in [-0.4, -0.2) is 36.0 Å². The fraction of sp³-hybridized carbons (Fsp3) is 0.208. The number of hydrogen-bond acceptors (Lipinski definition) is 6. The van der Waals surface area contributed by atoms with Crippen LogP contribution in [0.2, 0.25) is 5.02 Å². The Morgan fingerprint density at radius 3 is 2.43 bits per heavy atom. The highest BCUT2D eigenvalue weighted by Crippen LogP contribution is 2.41. The van der Waals surface area contributed by atoms with Crippen LogP contribution >= 0.6 is 11.6 Å². The number of nitrogens with zero attached hydrogens (tertiary/aromatic N) is 3. The summed E-state index contributed by atoms with van der Waals surface area (Å²) < 4.78 is 73.1. The zero-order chi connectivity index (χ0) is 26.5. The van der Waals surface area contributed by atoms with Gasteiger partial charge >= 0.3 is 6.18 Å². The number of carbonyl (C=O) groups excluding carboxylic acids is 1. The molecule has 1 N–H and O–H groups in total. The molecule has 37 heavy (non-hydrogen) atoms. The van der Waals surface area contributed by atoms with E-state index in [1.54, 1.807) is 0 Å². The van der Waals surface area contributed by atoms with E-state index in [1.807, 2.05) is 0 Å². The van der Waals surface area contributed by atoms with Crippen molar-refractivity contribution in [2.24, 2.45) is 0 Å². The van der Waals surface area contributed by atoms with E-state index in [4.69, 9.17) is 16.3 Å². The lowest BCUT2D eigenvalue weighted by Crippen LogP contribution is -2.16. The number of fused-ring (bicyclic) bond motifs is 1. The van der Waals surface area contributed by atoms with E-state index in [-0.39, 0.29) is 44.1 Å². The van der Waals surface area contributed by atoms with E-state index in [2.05, 4.69) is 15.4 Å². The Kier molecular flexibility index (Phi) is 6.11. The molecule has 1 saturated carbocycles. The first-order valence-corrected chi connectivity index (χ1v) is 12.8. The summed E-state index contributed by atoms with van der Waals surface area (Å²) in [4.78, 5) is 17.2. The quantitative estimate of drug-likeness (QED) is 0.346. The average Bonchev–Trinajstić information content (AvgIpc) is 3.61. The average molecular weight is 551 g/mol. The number of halogens is 4. The van der Waals surface area contributed by atoms with Crippen molar-refractivity contribution in [3.05, 3.63) is 76.7 Å². The van der Waals surface area contributed by atoms with Crippen LogP contribution in [0.3, 0.4) is 0 Å². The van der Waals surface area contributed by atoms with E-state index < -0.39 is 27.6 Å². The van der Waals surface area contributed by atoms with E-state index in [0.29, 0.717) is 22.4 Å². The Morgan fingerprint density at radius 1 is 1.11 bits per heavy atom. The Hall–Kier alpha value is -3.64. The molecule has 1 aliphatic rings. The highest BCUT2D eigenvalue weighted by molar-refractivity contribution is 7.91. The molecule has 1 amide bonds. The molecule has 0 unspecified atom stereocenters. The number of sulfone groups is 1. The van der Waals surface area contributed by atoms with Crippen molar-refractivity contribution in [1.29, 1.82) is 0 Å². The fourth-order valence-electron chi connectivity index (χ4n) is 3.80. The van der Waals surface area contributed by atoms with Gasteiger partial charge in [-0.25, -0.2) is 17.9 Å². The summed E-state index contributed by atoms with van der Waals surface area (Å²) in [7, 11) is -2.68. The summed E-state index contributed by atoms with van der Waals surface area (Å²) >= 11 is 5.86. The number of nitrogens with one attached hydrogen (secondary N) is 1. The van der Waals surface area contributed by atoms with Gasteiger partial charge in [-0.1, -0.05) is 11.6 Å². The van der Waals surface area contributed by atoms with Crippen molar-refractivity contribution < 1.29 is 31.1 Å². The van der Waals surface area contributed by atoms with Crippen molar-refractivity contribution in [3.8, 4) is 5.75 Å². The van der Waals surface area contributed by atoms with Gasteiger partial charge in [0.2, 0.25) is 9.84 Å². The molecule has 0 radical (unpaired) electrons. The second kappa shape index (κ2) is 9.03. The minimum absolute atomic E-state index is 0.0263. The number of rotatable bonds is 6. The van der Waals surface area contributed by atoms with Gasteiger partial charge < -0.3 is 10.1 Å². The van der Waals surface area contributed by atoms with Gasteiger partial charge in [-0.2, -0.15) is 18.3 Å². The summed E-state index contributed by atoms with van der Waals surface area (Å²) in [5, 5.41) is 6.63. The van der Waals surface area contributed by atoms with Crippen molar-refractivity contribution in [1.82, 2.24) is 14.6 Å². The summed E-state index contributed by atoms with van der Waals surface area (Å²) in [5.74, 6) is -0.777. The van der Waals surface area contributed by atoms with Gasteiger partial charge in [0.15, 0.2) is 5.65 Å². The topological polar surface area (TPSA) is 103 Å². The summed E-state index contributed by atoms with van der Waals surface area (Å²) in [6, 6.07) is 10.4. The number of hydrogen-bond donors (Lipinski definition) is 1. The molecule has 4 aromatic rings. The summed E-state index contributed by atoms with van der Waals surface area (Å²) in [5.41, 5.74) is -1.18. The van der Waals surface area contributed by atoms with E-state index in [9.17, 15) is 26.4 Å². The van der Waals surface area contributed by atoms with Crippen LogP contribution in [0.4, 0.5) is 18.9 Å². The molecule has 0 bridgehead atoms. The SMILES string of the molecule is COc1cc(NC(=O)c2cnn3c(C(F)(F)F)cc(C4CC4)nc23)cc(S(=O)(=O)c2ccc(Cl)cc2)c1. The number of amides is 1. The predicted molar refractivity (Wildman–Crippen MR) is 128 cm³/mol. The van der Waals surface area contributed by atoms with E-state index in [0.717, 1.165) is 12.3 Å². The smallest absolute Gasteiger partial charge is 0.433 e. The molecular formula is C24H18ClF3N4O4S. The number of methoxy groups -OCH3 is 1. The van der Waals surface area contributed by atoms with Crippen LogP contribution in [0, 0.1) is 0 Å². The number of benzene rings is 2.